The van der Waals surface area contributed by atoms with Crippen molar-refractivity contribution < 1.29 is 4.39 Å². The third-order valence-electron chi connectivity index (χ3n) is 4.11. The number of nitrogens with one attached hydrogen (secondary N) is 1. The molecular weight excluding hydrogens is 239 g/mol. The molecule has 2 nitrogen and oxygen atoms in total. The van der Waals surface area contributed by atoms with Crippen LogP contribution in [0.25, 0.3) is 0 Å². The van der Waals surface area contributed by atoms with E-state index in [0.29, 0.717) is 18.0 Å². The Hall–Kier alpha value is -0.930. The fourth-order valence-corrected chi connectivity index (χ4v) is 2.67. The minimum atomic E-state index is -0.133. The highest BCUT2D eigenvalue weighted by Crippen LogP contribution is 2.14. The summed E-state index contributed by atoms with van der Waals surface area (Å²) in [6, 6.07) is 8.09. The van der Waals surface area contributed by atoms with E-state index in [1.54, 1.807) is 12.1 Å². The molecular formula is C16H25FN2. The molecule has 1 aromatic rings. The van der Waals surface area contributed by atoms with Gasteiger partial charge in [-0.2, -0.15) is 0 Å². The summed E-state index contributed by atoms with van der Waals surface area (Å²) in [5.41, 5.74) is 1.09. The van der Waals surface area contributed by atoms with Crippen molar-refractivity contribution in [2.75, 3.05) is 19.6 Å². The Bertz CT molecular complexity index is 405. The van der Waals surface area contributed by atoms with Crippen molar-refractivity contribution in [2.24, 2.45) is 5.92 Å². The fourth-order valence-electron chi connectivity index (χ4n) is 2.67. The summed E-state index contributed by atoms with van der Waals surface area (Å²) in [5, 5.41) is 3.60. The van der Waals surface area contributed by atoms with Crippen LogP contribution in [0.1, 0.15) is 26.3 Å². The van der Waals surface area contributed by atoms with Crippen LogP contribution in [0.15, 0.2) is 24.3 Å². The fraction of sp³-hybridized carbons (Fsp3) is 0.625. The van der Waals surface area contributed by atoms with Crippen LogP contribution in [-0.4, -0.2) is 36.6 Å². The maximum atomic E-state index is 13.2. The van der Waals surface area contributed by atoms with Crippen LogP contribution in [0.3, 0.4) is 0 Å². The minimum absolute atomic E-state index is 0.133. The van der Waals surface area contributed by atoms with Crippen LogP contribution in [0.4, 0.5) is 4.39 Å². The van der Waals surface area contributed by atoms with Gasteiger partial charge in [0.25, 0.3) is 0 Å². The second-order valence-corrected chi connectivity index (χ2v) is 5.98. The van der Waals surface area contributed by atoms with E-state index >= 15 is 0 Å². The normalized spacial score (nSPS) is 24.9. The number of rotatable bonds is 4. The van der Waals surface area contributed by atoms with Gasteiger partial charge >= 0.3 is 0 Å². The molecule has 2 atom stereocenters. The second-order valence-electron chi connectivity index (χ2n) is 5.98. The number of benzene rings is 1. The molecule has 1 aliphatic heterocycles. The quantitative estimate of drug-likeness (QED) is 0.899. The molecule has 19 heavy (non-hydrogen) atoms. The van der Waals surface area contributed by atoms with Gasteiger partial charge in [-0.1, -0.05) is 26.0 Å². The molecule has 2 rings (SSSR count). The van der Waals surface area contributed by atoms with Crippen molar-refractivity contribution in [1.82, 2.24) is 10.2 Å². The number of piperazine rings is 1. The lowest BCUT2D eigenvalue weighted by atomic mass is 9.99. The van der Waals surface area contributed by atoms with Gasteiger partial charge in [0, 0.05) is 31.7 Å². The summed E-state index contributed by atoms with van der Waals surface area (Å²) in [6.45, 7) is 9.93. The van der Waals surface area contributed by atoms with Crippen molar-refractivity contribution in [1.29, 1.82) is 0 Å². The highest BCUT2D eigenvalue weighted by molar-refractivity contribution is 5.16. The molecule has 0 aliphatic carbocycles. The van der Waals surface area contributed by atoms with Gasteiger partial charge in [-0.15, -0.1) is 0 Å². The molecule has 0 spiro atoms. The third kappa shape index (κ3) is 4.02. The average Bonchev–Trinajstić information content (AvgIpc) is 2.37. The summed E-state index contributed by atoms with van der Waals surface area (Å²) in [4.78, 5) is 2.52. The van der Waals surface area contributed by atoms with Crippen LogP contribution in [0.2, 0.25) is 0 Å². The Balaban J connectivity index is 1.90. The molecule has 0 radical (unpaired) electrons. The number of halogens is 1. The second kappa shape index (κ2) is 6.49. The van der Waals surface area contributed by atoms with E-state index < -0.39 is 0 Å². The molecule has 1 saturated heterocycles. The van der Waals surface area contributed by atoms with Gasteiger partial charge in [0.05, 0.1) is 0 Å². The van der Waals surface area contributed by atoms with Crippen molar-refractivity contribution >= 4 is 0 Å². The Morgan fingerprint density at radius 1 is 1.42 bits per heavy atom. The zero-order valence-corrected chi connectivity index (χ0v) is 12.2. The topological polar surface area (TPSA) is 15.3 Å². The molecule has 1 heterocycles. The van der Waals surface area contributed by atoms with E-state index in [4.69, 9.17) is 0 Å². The molecule has 1 aliphatic rings. The van der Waals surface area contributed by atoms with Crippen molar-refractivity contribution in [2.45, 2.75) is 39.3 Å². The van der Waals surface area contributed by atoms with Crippen molar-refractivity contribution in [3.05, 3.63) is 35.6 Å². The van der Waals surface area contributed by atoms with E-state index in [1.807, 2.05) is 6.07 Å². The predicted molar refractivity (Wildman–Crippen MR) is 77.8 cm³/mol. The predicted octanol–water partition coefficient (Wildman–Crippen LogP) is 2.69. The Kier molecular flexibility index (Phi) is 4.94. The Morgan fingerprint density at radius 3 is 2.89 bits per heavy atom. The van der Waals surface area contributed by atoms with Gasteiger partial charge in [0.15, 0.2) is 0 Å². The third-order valence-corrected chi connectivity index (χ3v) is 4.11. The smallest absolute Gasteiger partial charge is 0.123 e. The molecule has 0 saturated carbocycles. The first kappa shape index (κ1) is 14.5. The first-order chi connectivity index (χ1) is 9.06. The van der Waals surface area contributed by atoms with Crippen molar-refractivity contribution in [3.8, 4) is 0 Å². The summed E-state index contributed by atoms with van der Waals surface area (Å²) in [6.07, 6.45) is 0.924. The number of hydrogen-bond acceptors (Lipinski definition) is 2. The summed E-state index contributed by atoms with van der Waals surface area (Å²) < 4.78 is 13.2. The van der Waals surface area contributed by atoms with E-state index in [0.717, 1.165) is 31.6 Å². The Labute approximate surface area is 116 Å². The maximum absolute atomic E-state index is 13.2. The van der Waals surface area contributed by atoms with Gasteiger partial charge in [0.2, 0.25) is 0 Å². The SMILES string of the molecule is CC(C)C1CN(CCc2cccc(F)c2)C(C)CN1. The highest BCUT2D eigenvalue weighted by atomic mass is 19.1. The van der Waals surface area contributed by atoms with E-state index in [2.05, 4.69) is 31.0 Å². The zero-order chi connectivity index (χ0) is 13.8. The molecule has 1 fully saturated rings. The van der Waals surface area contributed by atoms with Gasteiger partial charge in [0.1, 0.15) is 5.82 Å². The molecule has 106 valence electrons. The largest absolute Gasteiger partial charge is 0.311 e. The lowest BCUT2D eigenvalue weighted by Crippen LogP contribution is -2.57. The van der Waals surface area contributed by atoms with Crippen LogP contribution in [0.5, 0.6) is 0 Å². The van der Waals surface area contributed by atoms with Crippen LogP contribution >= 0.6 is 0 Å². The monoisotopic (exact) mass is 264 g/mol. The zero-order valence-electron chi connectivity index (χ0n) is 12.2. The first-order valence-corrected chi connectivity index (χ1v) is 7.28. The lowest BCUT2D eigenvalue weighted by molar-refractivity contribution is 0.124. The van der Waals surface area contributed by atoms with Gasteiger partial charge in [-0.05, 0) is 37.0 Å². The Morgan fingerprint density at radius 2 is 2.21 bits per heavy atom. The van der Waals surface area contributed by atoms with Crippen LogP contribution in [-0.2, 0) is 6.42 Å². The highest BCUT2D eigenvalue weighted by Gasteiger charge is 2.26. The first-order valence-electron chi connectivity index (χ1n) is 7.28. The molecule has 3 heteroatoms. The standard InChI is InChI=1S/C16H25FN2/c1-12(2)16-11-19(13(3)10-18-16)8-7-14-5-4-6-15(17)9-14/h4-6,9,12-13,16,18H,7-8,10-11H2,1-3H3. The molecule has 0 bridgehead atoms. The minimum Gasteiger partial charge on any atom is -0.311 e. The summed E-state index contributed by atoms with van der Waals surface area (Å²) in [7, 11) is 0. The molecule has 0 aromatic heterocycles. The van der Waals surface area contributed by atoms with E-state index in [-0.39, 0.29) is 5.82 Å². The van der Waals surface area contributed by atoms with E-state index in [1.165, 1.54) is 6.07 Å². The van der Waals surface area contributed by atoms with Gasteiger partial charge in [-0.3, -0.25) is 4.90 Å². The average molecular weight is 264 g/mol. The van der Waals surface area contributed by atoms with Crippen molar-refractivity contribution in [3.63, 3.8) is 0 Å². The number of hydrogen-bond donors (Lipinski definition) is 1. The molecule has 2 unspecified atom stereocenters. The summed E-state index contributed by atoms with van der Waals surface area (Å²) >= 11 is 0. The van der Waals surface area contributed by atoms with Gasteiger partial charge < -0.3 is 5.32 Å². The van der Waals surface area contributed by atoms with Crippen LogP contribution in [0, 0.1) is 11.7 Å². The molecule has 1 aromatic carbocycles. The molecule has 0 amide bonds. The van der Waals surface area contributed by atoms with E-state index in [9.17, 15) is 4.39 Å². The summed E-state index contributed by atoms with van der Waals surface area (Å²) in [5.74, 6) is 0.523. The molecule has 1 N–H and O–H groups in total. The lowest BCUT2D eigenvalue weighted by Gasteiger charge is -2.40. The number of nitrogens with zero attached hydrogens (tertiary/aromatic N) is 1. The maximum Gasteiger partial charge on any atom is 0.123 e. The van der Waals surface area contributed by atoms with Crippen LogP contribution < -0.4 is 5.32 Å². The van der Waals surface area contributed by atoms with Gasteiger partial charge in [-0.25, -0.2) is 4.39 Å².